The summed E-state index contributed by atoms with van der Waals surface area (Å²) in [5.41, 5.74) is 0. The second-order valence-corrected chi connectivity index (χ2v) is 3.99. The number of piperidine rings is 1. The fourth-order valence-corrected chi connectivity index (χ4v) is 2.57. The smallest absolute Gasteiger partial charge is 0.302 e. The van der Waals surface area contributed by atoms with Gasteiger partial charge in [0.05, 0.1) is 0 Å². The molecule has 0 unspecified atom stereocenters. The van der Waals surface area contributed by atoms with Crippen LogP contribution in [0, 0.1) is 5.92 Å². The van der Waals surface area contributed by atoms with Crippen LogP contribution in [0.3, 0.4) is 0 Å². The Balaban J connectivity index is 1.98. The van der Waals surface area contributed by atoms with Crippen LogP contribution in [0.1, 0.15) is 19.8 Å². The molecule has 1 heterocycles. The first-order valence-electron chi connectivity index (χ1n) is 4.54. The molecule has 12 heavy (non-hydrogen) atoms. The molecule has 68 valence electrons. The van der Waals surface area contributed by atoms with Crippen molar-refractivity contribution in [1.82, 2.24) is 4.90 Å². The molecule has 0 spiro atoms. The number of fused-ring (bicyclic) bond motifs is 2. The Morgan fingerprint density at radius 2 is 2.25 bits per heavy atom. The van der Waals surface area contributed by atoms with Crippen LogP contribution in [0.25, 0.3) is 0 Å². The zero-order chi connectivity index (χ0) is 8.72. The maximum absolute atomic E-state index is 10.7. The molecule has 0 radical (unpaired) electrons. The summed E-state index contributed by atoms with van der Waals surface area (Å²) in [7, 11) is 2.11. The zero-order valence-corrected chi connectivity index (χ0v) is 7.62. The number of carbonyl (C=O) groups is 1. The highest BCUT2D eigenvalue weighted by atomic mass is 16.5. The summed E-state index contributed by atoms with van der Waals surface area (Å²) in [5.74, 6) is 0.630. The molecule has 2 bridgehead atoms. The van der Waals surface area contributed by atoms with E-state index in [1.165, 1.54) is 19.9 Å². The molecule has 0 aromatic rings. The van der Waals surface area contributed by atoms with Crippen LogP contribution < -0.4 is 0 Å². The minimum absolute atomic E-state index is 0.138. The van der Waals surface area contributed by atoms with Gasteiger partial charge in [-0.2, -0.15) is 0 Å². The van der Waals surface area contributed by atoms with Gasteiger partial charge in [0.15, 0.2) is 0 Å². The van der Waals surface area contributed by atoms with Crippen LogP contribution in [-0.2, 0) is 9.53 Å². The van der Waals surface area contributed by atoms with E-state index in [0.29, 0.717) is 6.04 Å². The maximum Gasteiger partial charge on any atom is 0.302 e. The third-order valence-corrected chi connectivity index (χ3v) is 3.00. The average molecular weight is 169 g/mol. The molecule has 3 heteroatoms. The average Bonchev–Trinajstić information content (AvgIpc) is 2.43. The molecule has 2 aliphatic rings. The number of hydrogen-bond acceptors (Lipinski definition) is 3. The van der Waals surface area contributed by atoms with Crippen molar-refractivity contribution in [3.63, 3.8) is 0 Å². The van der Waals surface area contributed by atoms with Crippen LogP contribution in [-0.4, -0.2) is 36.6 Å². The molecule has 1 aliphatic carbocycles. The number of likely N-dealkylation sites (N-methyl/N-ethyl adjacent to an activating group) is 1. The summed E-state index contributed by atoms with van der Waals surface area (Å²) in [5, 5.41) is 0. The lowest BCUT2D eigenvalue weighted by Crippen LogP contribution is -2.40. The number of likely N-dealkylation sites (tertiary alicyclic amines) is 1. The third kappa shape index (κ3) is 1.22. The highest BCUT2D eigenvalue weighted by Crippen LogP contribution is 2.38. The summed E-state index contributed by atoms with van der Waals surface area (Å²) >= 11 is 0. The summed E-state index contributed by atoms with van der Waals surface area (Å²) in [4.78, 5) is 13.0. The van der Waals surface area contributed by atoms with E-state index in [9.17, 15) is 4.79 Å². The van der Waals surface area contributed by atoms with E-state index >= 15 is 0 Å². The summed E-state index contributed by atoms with van der Waals surface area (Å²) in [6.45, 7) is 2.68. The van der Waals surface area contributed by atoms with Crippen LogP contribution in [0.4, 0.5) is 0 Å². The predicted octanol–water partition coefficient (Wildman–Crippen LogP) is 0.642. The van der Waals surface area contributed by atoms with E-state index in [2.05, 4.69) is 11.9 Å². The second-order valence-electron chi connectivity index (χ2n) is 3.99. The Kier molecular flexibility index (Phi) is 1.83. The normalized spacial score (nSPS) is 40.3. The molecule has 0 amide bonds. The highest BCUT2D eigenvalue weighted by molar-refractivity contribution is 5.66. The first kappa shape index (κ1) is 8.05. The molecule has 2 rings (SSSR count). The van der Waals surface area contributed by atoms with Gasteiger partial charge in [-0.15, -0.1) is 0 Å². The summed E-state index contributed by atoms with van der Waals surface area (Å²) in [6, 6.07) is 0.499. The van der Waals surface area contributed by atoms with Crippen LogP contribution >= 0.6 is 0 Å². The Morgan fingerprint density at radius 1 is 1.50 bits per heavy atom. The van der Waals surface area contributed by atoms with Crippen molar-refractivity contribution in [1.29, 1.82) is 0 Å². The van der Waals surface area contributed by atoms with E-state index in [1.54, 1.807) is 0 Å². The molecule has 1 saturated heterocycles. The Hall–Kier alpha value is -0.570. The molecule has 0 aromatic carbocycles. The first-order valence-corrected chi connectivity index (χ1v) is 4.54. The van der Waals surface area contributed by atoms with Crippen molar-refractivity contribution in [2.24, 2.45) is 5.92 Å². The standard InChI is InChI=1S/C9H15NO2/c1-6(11)12-9-4-7-3-8(9)10(2)5-7/h7-9H,3-5H2,1-2H3/t7-,8+,9+/m0/s1. The zero-order valence-electron chi connectivity index (χ0n) is 7.62. The minimum atomic E-state index is -0.138. The van der Waals surface area contributed by atoms with Crippen LogP contribution in [0.5, 0.6) is 0 Å². The van der Waals surface area contributed by atoms with Crippen molar-refractivity contribution in [3.05, 3.63) is 0 Å². The fraction of sp³-hybridized carbons (Fsp3) is 0.889. The van der Waals surface area contributed by atoms with Gasteiger partial charge < -0.3 is 4.74 Å². The van der Waals surface area contributed by atoms with Gasteiger partial charge in [-0.3, -0.25) is 9.69 Å². The Bertz CT molecular complexity index is 205. The minimum Gasteiger partial charge on any atom is -0.461 e. The first-order chi connectivity index (χ1) is 5.66. The molecule has 2 fully saturated rings. The Labute approximate surface area is 72.7 Å². The lowest BCUT2D eigenvalue weighted by atomic mass is 10.1. The molecule has 3 atom stereocenters. The monoisotopic (exact) mass is 169 g/mol. The molecular weight excluding hydrogens is 154 g/mol. The second kappa shape index (κ2) is 2.73. The molecular formula is C9H15NO2. The highest BCUT2D eigenvalue weighted by Gasteiger charge is 2.44. The summed E-state index contributed by atoms with van der Waals surface area (Å²) in [6.07, 6.45) is 2.47. The van der Waals surface area contributed by atoms with Gasteiger partial charge in [-0.05, 0) is 25.8 Å². The van der Waals surface area contributed by atoms with E-state index in [0.717, 1.165) is 12.3 Å². The molecule has 3 nitrogen and oxygen atoms in total. The number of rotatable bonds is 1. The summed E-state index contributed by atoms with van der Waals surface area (Å²) < 4.78 is 5.23. The van der Waals surface area contributed by atoms with E-state index in [-0.39, 0.29) is 12.1 Å². The van der Waals surface area contributed by atoms with Gasteiger partial charge in [-0.1, -0.05) is 0 Å². The van der Waals surface area contributed by atoms with Gasteiger partial charge in [0.1, 0.15) is 6.10 Å². The van der Waals surface area contributed by atoms with Crippen molar-refractivity contribution in [2.75, 3.05) is 13.6 Å². The predicted molar refractivity (Wildman–Crippen MR) is 44.7 cm³/mol. The van der Waals surface area contributed by atoms with Crippen molar-refractivity contribution in [2.45, 2.75) is 31.9 Å². The molecule has 0 N–H and O–H groups in total. The number of carbonyl (C=O) groups excluding carboxylic acids is 1. The van der Waals surface area contributed by atoms with Gasteiger partial charge in [0, 0.05) is 19.5 Å². The largest absolute Gasteiger partial charge is 0.461 e. The molecule has 1 saturated carbocycles. The van der Waals surface area contributed by atoms with E-state index < -0.39 is 0 Å². The number of nitrogens with zero attached hydrogens (tertiary/aromatic N) is 1. The van der Waals surface area contributed by atoms with E-state index in [1.807, 2.05) is 0 Å². The van der Waals surface area contributed by atoms with Crippen LogP contribution in [0.15, 0.2) is 0 Å². The third-order valence-electron chi connectivity index (χ3n) is 3.00. The molecule has 0 aromatic heterocycles. The van der Waals surface area contributed by atoms with Crippen molar-refractivity contribution >= 4 is 5.97 Å². The quantitative estimate of drug-likeness (QED) is 0.539. The van der Waals surface area contributed by atoms with Gasteiger partial charge in [0.2, 0.25) is 0 Å². The fourth-order valence-electron chi connectivity index (χ4n) is 2.57. The van der Waals surface area contributed by atoms with Crippen molar-refractivity contribution < 1.29 is 9.53 Å². The van der Waals surface area contributed by atoms with Gasteiger partial charge >= 0.3 is 5.97 Å². The maximum atomic E-state index is 10.7. The number of esters is 1. The van der Waals surface area contributed by atoms with Crippen molar-refractivity contribution in [3.8, 4) is 0 Å². The number of hydrogen-bond donors (Lipinski definition) is 0. The lowest BCUT2D eigenvalue weighted by molar-refractivity contribution is -0.149. The lowest BCUT2D eigenvalue weighted by Gasteiger charge is -2.29. The Morgan fingerprint density at radius 3 is 2.75 bits per heavy atom. The van der Waals surface area contributed by atoms with Gasteiger partial charge in [-0.25, -0.2) is 0 Å². The SMILES string of the molecule is CC(=O)O[C@@H]1C[C@@H]2C[C@H]1N(C)C2. The molecule has 1 aliphatic heterocycles. The number of ether oxygens (including phenoxy) is 1. The van der Waals surface area contributed by atoms with E-state index in [4.69, 9.17) is 4.74 Å². The topological polar surface area (TPSA) is 29.5 Å². The van der Waals surface area contributed by atoms with Gasteiger partial charge in [0.25, 0.3) is 0 Å². The van der Waals surface area contributed by atoms with Crippen LogP contribution in [0.2, 0.25) is 0 Å².